The lowest BCUT2D eigenvalue weighted by molar-refractivity contribution is 0.399. The van der Waals surface area contributed by atoms with Gasteiger partial charge in [0.1, 0.15) is 0 Å². The highest BCUT2D eigenvalue weighted by molar-refractivity contribution is 5.11. The number of aromatic nitrogens is 1. The Labute approximate surface area is 87.6 Å². The van der Waals surface area contributed by atoms with Crippen LogP contribution in [0.3, 0.4) is 0 Å². The second-order valence-electron chi connectivity index (χ2n) is 4.49. The molecule has 1 radical (unpaired) electrons. The fourth-order valence-corrected chi connectivity index (χ4v) is 1.88. The molecule has 1 rings (SSSR count). The van der Waals surface area contributed by atoms with Gasteiger partial charge in [-0.05, 0) is 35.8 Å². The van der Waals surface area contributed by atoms with Crippen molar-refractivity contribution in [3.63, 3.8) is 0 Å². The normalized spacial score (nSPS) is 11.6. The number of pyridine rings is 1. The lowest BCUT2D eigenvalue weighted by Crippen LogP contribution is -2.16. The van der Waals surface area contributed by atoms with E-state index in [-0.39, 0.29) is 0 Å². The van der Waals surface area contributed by atoms with Crippen LogP contribution in [0.2, 0.25) is 0 Å². The van der Waals surface area contributed by atoms with Crippen LogP contribution in [-0.4, -0.2) is 4.98 Å². The highest BCUT2D eigenvalue weighted by Gasteiger charge is 2.17. The summed E-state index contributed by atoms with van der Waals surface area (Å²) in [4.78, 5) is 4.15. The maximum absolute atomic E-state index is 4.15. The first-order valence-corrected chi connectivity index (χ1v) is 5.30. The summed E-state index contributed by atoms with van der Waals surface area (Å²) in [5.41, 5.74) is 1.34. The van der Waals surface area contributed by atoms with Crippen molar-refractivity contribution < 1.29 is 0 Å². The molecule has 0 saturated carbocycles. The van der Waals surface area contributed by atoms with Gasteiger partial charge < -0.3 is 0 Å². The Bertz CT molecular complexity index is 243. The largest absolute Gasteiger partial charge is 0.264 e. The average molecular weight is 190 g/mol. The SMILES string of the molecule is C[C](C)C(Cc1cccnc1)C(C)C. The summed E-state index contributed by atoms with van der Waals surface area (Å²) in [6.07, 6.45) is 4.92. The first-order valence-electron chi connectivity index (χ1n) is 5.30. The first kappa shape index (κ1) is 11.2. The molecular formula is C13H20N. The van der Waals surface area contributed by atoms with Gasteiger partial charge in [-0.25, -0.2) is 0 Å². The van der Waals surface area contributed by atoms with E-state index in [1.165, 1.54) is 11.5 Å². The molecule has 1 nitrogen and oxygen atoms in total. The molecule has 1 aromatic heterocycles. The number of rotatable bonds is 4. The molecule has 1 heterocycles. The molecule has 0 bridgehead atoms. The minimum absolute atomic E-state index is 0.680. The topological polar surface area (TPSA) is 12.9 Å². The molecule has 0 saturated heterocycles. The molecule has 77 valence electrons. The maximum Gasteiger partial charge on any atom is 0.0299 e. The van der Waals surface area contributed by atoms with Crippen molar-refractivity contribution in [1.82, 2.24) is 4.98 Å². The van der Waals surface area contributed by atoms with E-state index in [1.54, 1.807) is 0 Å². The smallest absolute Gasteiger partial charge is 0.0299 e. The Balaban J connectivity index is 2.65. The van der Waals surface area contributed by atoms with Crippen LogP contribution in [0.4, 0.5) is 0 Å². The summed E-state index contributed by atoms with van der Waals surface area (Å²) in [5.74, 6) is 2.91. The van der Waals surface area contributed by atoms with Gasteiger partial charge in [-0.2, -0.15) is 0 Å². The van der Waals surface area contributed by atoms with Crippen molar-refractivity contribution in [3.05, 3.63) is 36.0 Å². The van der Waals surface area contributed by atoms with Crippen molar-refractivity contribution in [3.8, 4) is 0 Å². The summed E-state index contributed by atoms with van der Waals surface area (Å²) < 4.78 is 0. The van der Waals surface area contributed by atoms with E-state index in [0.717, 1.165) is 6.42 Å². The van der Waals surface area contributed by atoms with E-state index in [0.29, 0.717) is 11.8 Å². The molecule has 0 fully saturated rings. The summed E-state index contributed by atoms with van der Waals surface area (Å²) >= 11 is 0. The van der Waals surface area contributed by atoms with Crippen molar-refractivity contribution in [2.75, 3.05) is 0 Å². The second kappa shape index (κ2) is 5.14. The van der Waals surface area contributed by atoms with Crippen LogP contribution in [0.25, 0.3) is 0 Å². The standard InChI is InChI=1S/C13H20N/c1-10(2)13(11(3)4)8-12-6-5-7-14-9-12/h5-7,9-10,13H,8H2,1-4H3. The Morgan fingerprint density at radius 3 is 2.50 bits per heavy atom. The zero-order valence-corrected chi connectivity index (χ0v) is 9.62. The highest BCUT2D eigenvalue weighted by Crippen LogP contribution is 2.25. The van der Waals surface area contributed by atoms with Gasteiger partial charge in [0.25, 0.3) is 0 Å². The Hall–Kier alpha value is -0.850. The fourth-order valence-electron chi connectivity index (χ4n) is 1.88. The molecule has 1 atom stereocenters. The lowest BCUT2D eigenvalue weighted by Gasteiger charge is -2.24. The van der Waals surface area contributed by atoms with Gasteiger partial charge in [0.2, 0.25) is 0 Å². The Kier molecular flexibility index (Phi) is 4.12. The van der Waals surface area contributed by atoms with Crippen molar-refractivity contribution in [2.24, 2.45) is 11.8 Å². The van der Waals surface area contributed by atoms with Crippen LogP contribution < -0.4 is 0 Å². The van der Waals surface area contributed by atoms with Gasteiger partial charge in [0.05, 0.1) is 0 Å². The molecule has 1 unspecified atom stereocenters. The highest BCUT2D eigenvalue weighted by atomic mass is 14.6. The van der Waals surface area contributed by atoms with E-state index < -0.39 is 0 Å². The summed E-state index contributed by atoms with van der Waals surface area (Å²) in [6.45, 7) is 9.02. The van der Waals surface area contributed by atoms with Crippen LogP contribution in [0, 0.1) is 17.8 Å². The van der Waals surface area contributed by atoms with E-state index in [1.807, 2.05) is 18.5 Å². The molecule has 0 spiro atoms. The number of hydrogen-bond acceptors (Lipinski definition) is 1. The van der Waals surface area contributed by atoms with Gasteiger partial charge in [0.15, 0.2) is 0 Å². The van der Waals surface area contributed by atoms with E-state index in [4.69, 9.17) is 0 Å². The Morgan fingerprint density at radius 1 is 1.36 bits per heavy atom. The van der Waals surface area contributed by atoms with Crippen LogP contribution in [0.15, 0.2) is 24.5 Å². The lowest BCUT2D eigenvalue weighted by atomic mass is 9.81. The third-order valence-electron chi connectivity index (χ3n) is 2.72. The number of hydrogen-bond donors (Lipinski definition) is 0. The Morgan fingerprint density at radius 2 is 2.07 bits per heavy atom. The molecular weight excluding hydrogens is 170 g/mol. The molecule has 0 aliphatic carbocycles. The van der Waals surface area contributed by atoms with Gasteiger partial charge in [-0.1, -0.05) is 33.8 Å². The van der Waals surface area contributed by atoms with E-state index in [2.05, 4.69) is 38.7 Å². The van der Waals surface area contributed by atoms with Gasteiger partial charge in [-0.15, -0.1) is 0 Å². The summed E-state index contributed by atoms with van der Waals surface area (Å²) in [5, 5.41) is 0. The summed E-state index contributed by atoms with van der Waals surface area (Å²) in [7, 11) is 0. The number of nitrogens with zero attached hydrogens (tertiary/aromatic N) is 1. The van der Waals surface area contributed by atoms with Crippen LogP contribution >= 0.6 is 0 Å². The predicted octanol–water partition coefficient (Wildman–Crippen LogP) is 3.51. The molecule has 0 amide bonds. The fraction of sp³-hybridized carbons (Fsp3) is 0.538. The molecule has 0 aliphatic heterocycles. The van der Waals surface area contributed by atoms with Gasteiger partial charge in [0, 0.05) is 12.4 Å². The molecule has 0 aromatic carbocycles. The first-order chi connectivity index (χ1) is 6.61. The molecule has 1 aromatic rings. The van der Waals surface area contributed by atoms with Crippen molar-refractivity contribution in [2.45, 2.75) is 34.1 Å². The quantitative estimate of drug-likeness (QED) is 0.708. The van der Waals surface area contributed by atoms with Gasteiger partial charge in [-0.3, -0.25) is 4.98 Å². The zero-order chi connectivity index (χ0) is 10.6. The molecule has 0 aliphatic rings. The average Bonchev–Trinajstić information content (AvgIpc) is 2.15. The predicted molar refractivity (Wildman–Crippen MR) is 60.9 cm³/mol. The minimum atomic E-state index is 0.680. The molecule has 0 N–H and O–H groups in total. The monoisotopic (exact) mass is 190 g/mol. The molecule has 14 heavy (non-hydrogen) atoms. The van der Waals surface area contributed by atoms with Gasteiger partial charge >= 0.3 is 0 Å². The van der Waals surface area contributed by atoms with Crippen LogP contribution in [0.1, 0.15) is 33.3 Å². The third kappa shape index (κ3) is 3.13. The van der Waals surface area contributed by atoms with Crippen LogP contribution in [-0.2, 0) is 6.42 Å². The molecule has 1 heteroatoms. The third-order valence-corrected chi connectivity index (χ3v) is 2.72. The van der Waals surface area contributed by atoms with E-state index in [9.17, 15) is 0 Å². The van der Waals surface area contributed by atoms with Crippen molar-refractivity contribution >= 4 is 0 Å². The van der Waals surface area contributed by atoms with Crippen molar-refractivity contribution in [1.29, 1.82) is 0 Å². The summed E-state index contributed by atoms with van der Waals surface area (Å²) in [6, 6.07) is 4.17. The maximum atomic E-state index is 4.15. The zero-order valence-electron chi connectivity index (χ0n) is 9.62. The van der Waals surface area contributed by atoms with Crippen LogP contribution in [0.5, 0.6) is 0 Å². The minimum Gasteiger partial charge on any atom is -0.264 e. The second-order valence-corrected chi connectivity index (χ2v) is 4.49. The van der Waals surface area contributed by atoms with E-state index >= 15 is 0 Å².